The number of piperidine rings is 1. The van der Waals surface area contributed by atoms with Crippen molar-refractivity contribution in [2.45, 2.75) is 58.4 Å². The highest BCUT2D eigenvalue weighted by Gasteiger charge is 2.44. The van der Waals surface area contributed by atoms with Crippen LogP contribution in [-0.4, -0.2) is 18.5 Å². The molecule has 0 aromatic carbocycles. The number of nitrogens with one attached hydrogen (secondary N) is 1. The van der Waals surface area contributed by atoms with Crippen molar-refractivity contribution in [1.82, 2.24) is 5.32 Å². The third-order valence-corrected chi connectivity index (χ3v) is 3.01. The van der Waals surface area contributed by atoms with Crippen LogP contribution in [0.15, 0.2) is 0 Å². The molecule has 1 atom stereocenters. The van der Waals surface area contributed by atoms with E-state index in [4.69, 9.17) is 0 Å². The zero-order valence-corrected chi connectivity index (χ0v) is 9.37. The molecule has 0 radical (unpaired) electrons. The van der Waals surface area contributed by atoms with Crippen molar-refractivity contribution >= 4 is 0 Å². The van der Waals surface area contributed by atoms with Gasteiger partial charge in [-0.25, -0.2) is 8.78 Å². The number of hydrogen-bond donors (Lipinski definition) is 1. The molecule has 1 unspecified atom stereocenters. The lowest BCUT2D eigenvalue weighted by Gasteiger charge is -2.35. The van der Waals surface area contributed by atoms with Crippen LogP contribution in [0.1, 0.15) is 46.5 Å². The summed E-state index contributed by atoms with van der Waals surface area (Å²) >= 11 is 0. The summed E-state index contributed by atoms with van der Waals surface area (Å²) in [7, 11) is 0. The smallest absolute Gasteiger partial charge is 0.254 e. The molecule has 0 spiro atoms. The standard InChI is InChI=1S/C11H21F2N/c1-10(2,3)11(12,13)8-9-6-4-5-7-14-9/h9,14H,4-8H2,1-3H3. The Morgan fingerprint density at radius 1 is 1.21 bits per heavy atom. The first-order valence-corrected chi connectivity index (χ1v) is 5.44. The molecule has 1 saturated heterocycles. The summed E-state index contributed by atoms with van der Waals surface area (Å²) in [5.74, 6) is -2.57. The van der Waals surface area contributed by atoms with E-state index in [-0.39, 0.29) is 12.5 Å². The lowest BCUT2D eigenvalue weighted by Crippen LogP contribution is -2.43. The molecule has 1 aliphatic heterocycles. The fraction of sp³-hybridized carbons (Fsp3) is 1.00. The highest BCUT2D eigenvalue weighted by atomic mass is 19.3. The highest BCUT2D eigenvalue weighted by Crippen LogP contribution is 2.40. The second-order valence-corrected chi connectivity index (χ2v) is 5.31. The Morgan fingerprint density at radius 2 is 1.86 bits per heavy atom. The van der Waals surface area contributed by atoms with Crippen molar-refractivity contribution < 1.29 is 8.78 Å². The SMILES string of the molecule is CC(C)(C)C(F)(F)CC1CCCCN1. The van der Waals surface area contributed by atoms with Gasteiger partial charge in [0.1, 0.15) is 0 Å². The molecule has 1 heterocycles. The highest BCUT2D eigenvalue weighted by molar-refractivity contribution is 4.87. The predicted octanol–water partition coefficient (Wildman–Crippen LogP) is 3.20. The number of halogens is 2. The van der Waals surface area contributed by atoms with E-state index < -0.39 is 11.3 Å². The number of rotatable bonds is 2. The van der Waals surface area contributed by atoms with Gasteiger partial charge in [0.15, 0.2) is 0 Å². The number of hydrogen-bond acceptors (Lipinski definition) is 1. The summed E-state index contributed by atoms with van der Waals surface area (Å²) < 4.78 is 27.4. The molecule has 1 aliphatic rings. The van der Waals surface area contributed by atoms with Crippen LogP contribution in [0.25, 0.3) is 0 Å². The van der Waals surface area contributed by atoms with E-state index in [0.717, 1.165) is 25.8 Å². The lowest BCUT2D eigenvalue weighted by molar-refractivity contribution is -0.110. The summed E-state index contributed by atoms with van der Waals surface area (Å²) in [4.78, 5) is 0. The monoisotopic (exact) mass is 205 g/mol. The van der Waals surface area contributed by atoms with Gasteiger partial charge in [-0.2, -0.15) is 0 Å². The Balaban J connectivity index is 2.49. The van der Waals surface area contributed by atoms with E-state index in [1.165, 1.54) is 0 Å². The maximum Gasteiger partial charge on any atom is 0.254 e. The van der Waals surface area contributed by atoms with Gasteiger partial charge in [-0.1, -0.05) is 27.2 Å². The Bertz CT molecular complexity index is 178. The maximum atomic E-state index is 13.7. The molecule has 1 N–H and O–H groups in total. The van der Waals surface area contributed by atoms with E-state index in [9.17, 15) is 8.78 Å². The predicted molar refractivity (Wildman–Crippen MR) is 54.7 cm³/mol. The van der Waals surface area contributed by atoms with Crippen molar-refractivity contribution in [3.05, 3.63) is 0 Å². The van der Waals surface area contributed by atoms with Gasteiger partial charge in [0.25, 0.3) is 5.92 Å². The second kappa shape index (κ2) is 4.13. The molecule has 0 bridgehead atoms. The third kappa shape index (κ3) is 2.91. The Kier molecular flexibility index (Phi) is 3.51. The summed E-state index contributed by atoms with van der Waals surface area (Å²) in [6.07, 6.45) is 3.08. The van der Waals surface area contributed by atoms with Gasteiger partial charge in [0.2, 0.25) is 0 Å². The number of alkyl halides is 2. The average Bonchev–Trinajstić information content (AvgIpc) is 2.03. The normalized spacial score (nSPS) is 25.1. The Hall–Kier alpha value is -0.180. The third-order valence-electron chi connectivity index (χ3n) is 3.01. The molecular formula is C11H21F2N. The Labute approximate surface area is 85.3 Å². The van der Waals surface area contributed by atoms with E-state index in [2.05, 4.69) is 5.32 Å². The van der Waals surface area contributed by atoms with E-state index in [0.29, 0.717) is 0 Å². The van der Waals surface area contributed by atoms with Crippen LogP contribution in [-0.2, 0) is 0 Å². The van der Waals surface area contributed by atoms with Gasteiger partial charge in [-0.3, -0.25) is 0 Å². The molecule has 3 heteroatoms. The molecule has 14 heavy (non-hydrogen) atoms. The summed E-state index contributed by atoms with van der Waals surface area (Å²) in [6.45, 7) is 5.71. The van der Waals surface area contributed by atoms with Crippen LogP contribution >= 0.6 is 0 Å². The van der Waals surface area contributed by atoms with E-state index in [1.54, 1.807) is 20.8 Å². The van der Waals surface area contributed by atoms with E-state index >= 15 is 0 Å². The first-order valence-electron chi connectivity index (χ1n) is 5.44. The van der Waals surface area contributed by atoms with Gasteiger partial charge in [-0.15, -0.1) is 0 Å². The summed E-state index contributed by atoms with van der Waals surface area (Å²) in [5, 5.41) is 3.17. The van der Waals surface area contributed by atoms with Crippen molar-refractivity contribution in [2.24, 2.45) is 5.41 Å². The zero-order chi connectivity index (χ0) is 10.8. The first-order chi connectivity index (χ1) is 6.33. The largest absolute Gasteiger partial charge is 0.314 e. The van der Waals surface area contributed by atoms with Crippen LogP contribution < -0.4 is 5.32 Å². The van der Waals surface area contributed by atoms with Crippen LogP contribution in [0.3, 0.4) is 0 Å². The quantitative estimate of drug-likeness (QED) is 0.730. The van der Waals surface area contributed by atoms with Crippen molar-refractivity contribution in [1.29, 1.82) is 0 Å². The van der Waals surface area contributed by atoms with Crippen LogP contribution in [0, 0.1) is 5.41 Å². The molecule has 1 rings (SSSR count). The summed E-state index contributed by atoms with van der Waals surface area (Å²) in [5.41, 5.74) is -0.924. The Morgan fingerprint density at radius 3 is 2.29 bits per heavy atom. The van der Waals surface area contributed by atoms with Crippen LogP contribution in [0.4, 0.5) is 8.78 Å². The molecule has 0 aromatic heterocycles. The average molecular weight is 205 g/mol. The van der Waals surface area contributed by atoms with Gasteiger partial charge >= 0.3 is 0 Å². The molecule has 0 saturated carbocycles. The minimum atomic E-state index is -2.57. The maximum absolute atomic E-state index is 13.7. The van der Waals surface area contributed by atoms with Gasteiger partial charge in [-0.05, 0) is 19.4 Å². The second-order valence-electron chi connectivity index (χ2n) is 5.31. The summed E-state index contributed by atoms with van der Waals surface area (Å²) in [6, 6.07) is 0.0120. The molecular weight excluding hydrogens is 184 g/mol. The minimum absolute atomic E-state index is 0.0120. The minimum Gasteiger partial charge on any atom is -0.314 e. The lowest BCUT2D eigenvalue weighted by atomic mass is 9.83. The molecule has 1 fully saturated rings. The fourth-order valence-electron chi connectivity index (χ4n) is 1.71. The molecule has 0 amide bonds. The van der Waals surface area contributed by atoms with Crippen LogP contribution in [0.2, 0.25) is 0 Å². The van der Waals surface area contributed by atoms with Crippen molar-refractivity contribution in [3.63, 3.8) is 0 Å². The fourth-order valence-corrected chi connectivity index (χ4v) is 1.71. The molecule has 1 nitrogen and oxygen atoms in total. The topological polar surface area (TPSA) is 12.0 Å². The van der Waals surface area contributed by atoms with Crippen molar-refractivity contribution in [2.75, 3.05) is 6.54 Å². The zero-order valence-electron chi connectivity index (χ0n) is 9.37. The van der Waals surface area contributed by atoms with Gasteiger partial charge < -0.3 is 5.32 Å². The van der Waals surface area contributed by atoms with Gasteiger partial charge in [0, 0.05) is 17.9 Å². The molecule has 0 aliphatic carbocycles. The first kappa shape index (κ1) is 11.9. The molecule has 84 valence electrons. The van der Waals surface area contributed by atoms with Gasteiger partial charge in [0.05, 0.1) is 0 Å². The molecule has 0 aromatic rings. The van der Waals surface area contributed by atoms with Crippen LogP contribution in [0.5, 0.6) is 0 Å². The van der Waals surface area contributed by atoms with Crippen molar-refractivity contribution in [3.8, 4) is 0 Å². The van der Waals surface area contributed by atoms with E-state index in [1.807, 2.05) is 0 Å².